The fraction of sp³-hybridized carbons (Fsp3) is 0.143. The molecule has 56 valence electrons. The van der Waals surface area contributed by atoms with Crippen molar-refractivity contribution in [1.29, 1.82) is 5.26 Å². The average Bonchev–Trinajstić information content (AvgIpc) is 1.95. The fourth-order valence-corrected chi connectivity index (χ4v) is 0.857. The number of pyridine rings is 1. The molecule has 0 unspecified atom stereocenters. The Morgan fingerprint density at radius 3 is 3.00 bits per heavy atom. The first-order valence-electron chi connectivity index (χ1n) is 2.91. The Bertz CT molecular complexity index is 306. The van der Waals surface area contributed by atoms with E-state index in [1.807, 2.05) is 6.07 Å². The molecule has 0 atom stereocenters. The summed E-state index contributed by atoms with van der Waals surface area (Å²) in [5.74, 6) is -0.628. The molecular formula is C7H4ClFN2. The van der Waals surface area contributed by atoms with Crippen molar-refractivity contribution in [3.8, 4) is 6.07 Å². The third-order valence-electron chi connectivity index (χ3n) is 1.17. The zero-order valence-electron chi connectivity index (χ0n) is 5.51. The van der Waals surface area contributed by atoms with E-state index in [0.29, 0.717) is 5.56 Å². The van der Waals surface area contributed by atoms with Gasteiger partial charge >= 0.3 is 0 Å². The molecule has 0 aromatic carbocycles. The first kappa shape index (κ1) is 7.96. The van der Waals surface area contributed by atoms with Gasteiger partial charge < -0.3 is 0 Å². The highest BCUT2D eigenvalue weighted by atomic mass is 35.5. The van der Waals surface area contributed by atoms with Gasteiger partial charge in [-0.3, -0.25) is 0 Å². The molecule has 0 amide bonds. The van der Waals surface area contributed by atoms with Crippen LogP contribution in [-0.4, -0.2) is 4.98 Å². The van der Waals surface area contributed by atoms with E-state index in [-0.39, 0.29) is 11.4 Å². The van der Waals surface area contributed by atoms with Crippen LogP contribution in [0.1, 0.15) is 5.56 Å². The van der Waals surface area contributed by atoms with Gasteiger partial charge in [0.1, 0.15) is 0 Å². The van der Waals surface area contributed by atoms with Crippen molar-refractivity contribution in [2.75, 3.05) is 0 Å². The largest absolute Gasteiger partial charge is 0.228 e. The molecule has 0 fully saturated rings. The standard InChI is InChI=1S/C7H4ClFN2/c8-6-3-7(9)11-4-5(6)1-2-10/h3-4H,1H2. The second-order valence-corrected chi connectivity index (χ2v) is 2.34. The van der Waals surface area contributed by atoms with Crippen LogP contribution in [0.5, 0.6) is 0 Å². The Morgan fingerprint density at radius 1 is 1.73 bits per heavy atom. The van der Waals surface area contributed by atoms with E-state index in [9.17, 15) is 4.39 Å². The lowest BCUT2D eigenvalue weighted by Gasteiger charge is -1.96. The molecular weight excluding hydrogens is 167 g/mol. The lowest BCUT2D eigenvalue weighted by molar-refractivity contribution is 0.583. The van der Waals surface area contributed by atoms with Gasteiger partial charge in [0.2, 0.25) is 5.95 Å². The van der Waals surface area contributed by atoms with Crippen molar-refractivity contribution in [2.45, 2.75) is 6.42 Å². The SMILES string of the molecule is N#CCc1cnc(F)cc1Cl. The predicted molar refractivity (Wildman–Crippen MR) is 38.5 cm³/mol. The van der Waals surface area contributed by atoms with E-state index in [1.54, 1.807) is 0 Å². The summed E-state index contributed by atoms with van der Waals surface area (Å²) in [6.07, 6.45) is 1.42. The predicted octanol–water partition coefficient (Wildman–Crippen LogP) is 1.94. The van der Waals surface area contributed by atoms with Gasteiger partial charge in [-0.1, -0.05) is 11.6 Å². The van der Waals surface area contributed by atoms with Gasteiger partial charge in [0, 0.05) is 17.8 Å². The van der Waals surface area contributed by atoms with E-state index in [1.165, 1.54) is 6.20 Å². The van der Waals surface area contributed by atoms with Gasteiger partial charge in [0.05, 0.1) is 17.5 Å². The van der Waals surface area contributed by atoms with Crippen molar-refractivity contribution in [3.63, 3.8) is 0 Å². The second-order valence-electron chi connectivity index (χ2n) is 1.93. The maximum absolute atomic E-state index is 12.3. The summed E-state index contributed by atoms with van der Waals surface area (Å²) in [5.41, 5.74) is 0.551. The number of aromatic nitrogens is 1. The summed E-state index contributed by atoms with van der Waals surface area (Å²) < 4.78 is 12.3. The molecule has 0 bridgehead atoms. The van der Waals surface area contributed by atoms with Crippen LogP contribution in [0, 0.1) is 17.3 Å². The van der Waals surface area contributed by atoms with E-state index in [2.05, 4.69) is 4.98 Å². The summed E-state index contributed by atoms with van der Waals surface area (Å²) >= 11 is 5.58. The normalized spacial score (nSPS) is 9.18. The highest BCUT2D eigenvalue weighted by Crippen LogP contribution is 2.15. The van der Waals surface area contributed by atoms with E-state index < -0.39 is 5.95 Å². The molecule has 0 aliphatic carbocycles. The zero-order chi connectivity index (χ0) is 8.27. The van der Waals surface area contributed by atoms with Gasteiger partial charge in [-0.05, 0) is 0 Å². The van der Waals surface area contributed by atoms with Gasteiger partial charge in [-0.15, -0.1) is 0 Å². The Hall–Kier alpha value is -1.14. The molecule has 0 saturated heterocycles. The highest BCUT2D eigenvalue weighted by molar-refractivity contribution is 6.31. The minimum absolute atomic E-state index is 0.159. The van der Waals surface area contributed by atoms with Crippen molar-refractivity contribution in [3.05, 3.63) is 28.8 Å². The van der Waals surface area contributed by atoms with Crippen LogP contribution in [-0.2, 0) is 6.42 Å². The molecule has 2 nitrogen and oxygen atoms in total. The van der Waals surface area contributed by atoms with Crippen LogP contribution in [0.2, 0.25) is 5.02 Å². The number of nitrogens with zero attached hydrogens (tertiary/aromatic N) is 2. The van der Waals surface area contributed by atoms with Gasteiger partial charge in [-0.2, -0.15) is 9.65 Å². The van der Waals surface area contributed by atoms with Crippen LogP contribution >= 0.6 is 11.6 Å². The molecule has 1 aromatic heterocycles. The van der Waals surface area contributed by atoms with Gasteiger partial charge in [-0.25, -0.2) is 4.98 Å². The molecule has 0 radical (unpaired) electrons. The first-order chi connectivity index (χ1) is 5.24. The molecule has 0 saturated carbocycles. The van der Waals surface area contributed by atoms with Crippen molar-refractivity contribution in [1.82, 2.24) is 4.98 Å². The summed E-state index contributed by atoms with van der Waals surface area (Å²) in [6, 6.07) is 2.99. The Balaban J connectivity index is 3.01. The summed E-state index contributed by atoms with van der Waals surface area (Å²) in [7, 11) is 0. The molecule has 4 heteroatoms. The maximum Gasteiger partial charge on any atom is 0.214 e. The summed E-state index contributed by atoms with van der Waals surface area (Å²) in [6.45, 7) is 0. The number of nitriles is 1. The molecule has 1 rings (SSSR count). The van der Waals surface area contributed by atoms with Crippen molar-refractivity contribution < 1.29 is 4.39 Å². The number of rotatable bonds is 1. The molecule has 0 aliphatic heterocycles. The topological polar surface area (TPSA) is 36.7 Å². The van der Waals surface area contributed by atoms with E-state index in [4.69, 9.17) is 16.9 Å². The summed E-state index contributed by atoms with van der Waals surface area (Å²) in [4.78, 5) is 3.36. The van der Waals surface area contributed by atoms with E-state index >= 15 is 0 Å². The molecule has 1 aromatic rings. The summed E-state index contributed by atoms with van der Waals surface area (Å²) in [5, 5.41) is 8.53. The van der Waals surface area contributed by atoms with Crippen molar-refractivity contribution >= 4 is 11.6 Å². The lowest BCUT2D eigenvalue weighted by atomic mass is 10.2. The van der Waals surface area contributed by atoms with Gasteiger partial charge in [0.15, 0.2) is 0 Å². The smallest absolute Gasteiger partial charge is 0.214 e. The Morgan fingerprint density at radius 2 is 2.45 bits per heavy atom. The third kappa shape index (κ3) is 1.89. The van der Waals surface area contributed by atoms with Crippen LogP contribution in [0.4, 0.5) is 4.39 Å². The van der Waals surface area contributed by atoms with E-state index in [0.717, 1.165) is 6.07 Å². The number of hydrogen-bond donors (Lipinski definition) is 0. The minimum Gasteiger partial charge on any atom is -0.228 e. The number of halogens is 2. The first-order valence-corrected chi connectivity index (χ1v) is 3.28. The Labute approximate surface area is 68.2 Å². The fourth-order valence-electron chi connectivity index (χ4n) is 0.651. The Kier molecular flexibility index (Phi) is 2.40. The third-order valence-corrected chi connectivity index (χ3v) is 1.52. The second kappa shape index (κ2) is 3.31. The highest BCUT2D eigenvalue weighted by Gasteiger charge is 2.01. The van der Waals surface area contributed by atoms with Crippen molar-refractivity contribution in [2.24, 2.45) is 0 Å². The van der Waals surface area contributed by atoms with Gasteiger partial charge in [0.25, 0.3) is 0 Å². The average molecular weight is 171 g/mol. The van der Waals surface area contributed by atoms with Crippen LogP contribution in [0.25, 0.3) is 0 Å². The molecule has 0 N–H and O–H groups in total. The maximum atomic E-state index is 12.3. The quantitative estimate of drug-likeness (QED) is 0.604. The molecule has 1 heterocycles. The van der Waals surface area contributed by atoms with Crippen LogP contribution < -0.4 is 0 Å². The zero-order valence-corrected chi connectivity index (χ0v) is 6.27. The van der Waals surface area contributed by atoms with Crippen LogP contribution in [0.3, 0.4) is 0 Å². The number of hydrogen-bond acceptors (Lipinski definition) is 2. The molecule has 0 aliphatic rings. The monoisotopic (exact) mass is 170 g/mol. The van der Waals surface area contributed by atoms with Crippen LogP contribution in [0.15, 0.2) is 12.3 Å². The lowest BCUT2D eigenvalue weighted by Crippen LogP contribution is -1.88. The minimum atomic E-state index is -0.628. The molecule has 0 spiro atoms. The molecule has 11 heavy (non-hydrogen) atoms.